The zero-order valence-corrected chi connectivity index (χ0v) is 14.3. The van der Waals surface area contributed by atoms with Crippen LogP contribution in [0.5, 0.6) is 0 Å². The van der Waals surface area contributed by atoms with E-state index in [1.807, 2.05) is 12.1 Å². The molecule has 112 valence electrons. The van der Waals surface area contributed by atoms with Crippen molar-refractivity contribution < 1.29 is 0 Å². The maximum atomic E-state index is 6.36. The first-order valence-electron chi connectivity index (χ1n) is 7.58. The number of nitrogens with zero attached hydrogens (tertiary/aromatic N) is 1. The molecule has 0 amide bonds. The molecule has 4 rings (SSSR count). The lowest BCUT2D eigenvalue weighted by Crippen LogP contribution is -2.20. The van der Waals surface area contributed by atoms with Gasteiger partial charge in [-0.3, -0.25) is 0 Å². The molecule has 1 nitrogen and oxygen atoms in total. The topological polar surface area (TPSA) is 4.93 Å². The number of rotatable bonds is 3. The third-order valence-electron chi connectivity index (χ3n) is 4.09. The monoisotopic (exact) mass is 333 g/mol. The highest BCUT2D eigenvalue weighted by Crippen LogP contribution is 2.47. The van der Waals surface area contributed by atoms with Gasteiger partial charge in [-0.25, -0.2) is 0 Å². The molecule has 0 aliphatic rings. The summed E-state index contributed by atoms with van der Waals surface area (Å²) in [7, 11) is 0. The van der Waals surface area contributed by atoms with Gasteiger partial charge < -0.3 is 4.34 Å². The zero-order chi connectivity index (χ0) is 15.7. The molecule has 0 saturated carbocycles. The summed E-state index contributed by atoms with van der Waals surface area (Å²) in [5.41, 5.74) is 1.20. The maximum Gasteiger partial charge on any atom is 0.0968 e. The molecule has 0 saturated heterocycles. The SMILES string of the molecule is S=P(c1ccccc1)(c1ccccc1)n1ccc2ccccc21. The molecule has 0 fully saturated rings. The highest BCUT2D eigenvalue weighted by molar-refractivity contribution is 8.21. The Hall–Kier alpha value is -2.15. The standard InChI is InChI=1S/C20H16NPS/c23-22(18-10-3-1-4-11-18,19-12-5-2-6-13-19)21-16-15-17-9-7-8-14-20(17)21/h1-16H. The van der Waals surface area contributed by atoms with Crippen molar-refractivity contribution in [3.05, 3.63) is 97.2 Å². The summed E-state index contributed by atoms with van der Waals surface area (Å²) in [6.45, 7) is 0. The van der Waals surface area contributed by atoms with E-state index in [4.69, 9.17) is 11.8 Å². The van der Waals surface area contributed by atoms with E-state index in [2.05, 4.69) is 89.4 Å². The van der Waals surface area contributed by atoms with Crippen LogP contribution in [-0.4, -0.2) is 4.34 Å². The van der Waals surface area contributed by atoms with E-state index in [1.54, 1.807) is 0 Å². The third kappa shape index (κ3) is 2.35. The van der Waals surface area contributed by atoms with Crippen LogP contribution in [0.3, 0.4) is 0 Å². The van der Waals surface area contributed by atoms with E-state index >= 15 is 0 Å². The summed E-state index contributed by atoms with van der Waals surface area (Å²) >= 11 is 6.36. The normalized spacial score (nSPS) is 11.7. The van der Waals surface area contributed by atoms with Gasteiger partial charge in [0, 0.05) is 16.8 Å². The predicted octanol–water partition coefficient (Wildman–Crippen LogP) is 4.53. The average molecular weight is 333 g/mol. The van der Waals surface area contributed by atoms with Crippen LogP contribution in [0.1, 0.15) is 0 Å². The minimum Gasteiger partial charge on any atom is -0.312 e. The molecule has 4 aromatic rings. The van der Waals surface area contributed by atoms with Gasteiger partial charge in [-0.15, -0.1) is 0 Å². The molecule has 0 radical (unpaired) electrons. The first-order valence-corrected chi connectivity index (χ1v) is 10.3. The Bertz CT molecular complexity index is 946. The molecule has 0 aliphatic heterocycles. The maximum absolute atomic E-state index is 6.36. The van der Waals surface area contributed by atoms with Crippen LogP contribution in [0, 0.1) is 0 Å². The summed E-state index contributed by atoms with van der Waals surface area (Å²) in [6, 6.07) is 31.6. The molecule has 23 heavy (non-hydrogen) atoms. The summed E-state index contributed by atoms with van der Waals surface area (Å²) in [5, 5.41) is 3.65. The molecular weight excluding hydrogens is 317 g/mol. The average Bonchev–Trinajstić information content (AvgIpc) is 3.07. The summed E-state index contributed by atoms with van der Waals surface area (Å²) in [4.78, 5) is 0. The van der Waals surface area contributed by atoms with Crippen LogP contribution in [0.15, 0.2) is 97.2 Å². The lowest BCUT2D eigenvalue weighted by atomic mass is 10.3. The smallest absolute Gasteiger partial charge is 0.0968 e. The Labute approximate surface area is 141 Å². The number of para-hydroxylation sites is 1. The Morgan fingerprint density at radius 1 is 0.609 bits per heavy atom. The number of fused-ring (bicyclic) bond motifs is 1. The van der Waals surface area contributed by atoms with Gasteiger partial charge in [-0.1, -0.05) is 90.7 Å². The molecule has 3 heteroatoms. The van der Waals surface area contributed by atoms with Gasteiger partial charge in [0.05, 0.1) is 11.7 Å². The van der Waals surface area contributed by atoms with E-state index < -0.39 is 6.19 Å². The predicted molar refractivity (Wildman–Crippen MR) is 104 cm³/mol. The van der Waals surface area contributed by atoms with Gasteiger partial charge in [0.1, 0.15) is 0 Å². The molecule has 0 atom stereocenters. The third-order valence-corrected chi connectivity index (χ3v) is 8.84. The Morgan fingerprint density at radius 3 is 1.74 bits per heavy atom. The fourth-order valence-corrected chi connectivity index (χ4v) is 6.82. The van der Waals surface area contributed by atoms with Crippen molar-refractivity contribution in [2.45, 2.75) is 0 Å². The van der Waals surface area contributed by atoms with E-state index in [0.29, 0.717) is 0 Å². The van der Waals surface area contributed by atoms with Crippen molar-refractivity contribution in [2.24, 2.45) is 0 Å². The Morgan fingerprint density at radius 2 is 1.13 bits per heavy atom. The second kappa shape index (κ2) is 5.81. The molecule has 0 aliphatic carbocycles. The van der Waals surface area contributed by atoms with Crippen molar-refractivity contribution in [3.8, 4) is 0 Å². The van der Waals surface area contributed by atoms with Crippen LogP contribution in [0.2, 0.25) is 0 Å². The van der Waals surface area contributed by atoms with Crippen LogP contribution < -0.4 is 10.6 Å². The fourth-order valence-electron chi connectivity index (χ4n) is 2.97. The largest absolute Gasteiger partial charge is 0.312 e. The first kappa shape index (κ1) is 14.4. The summed E-state index contributed by atoms with van der Waals surface area (Å²) in [6.07, 6.45) is 0.0201. The number of hydrogen-bond donors (Lipinski definition) is 0. The van der Waals surface area contributed by atoms with Crippen LogP contribution >= 0.6 is 6.19 Å². The minimum absolute atomic E-state index is 1.20. The zero-order valence-electron chi connectivity index (χ0n) is 12.5. The summed E-state index contributed by atoms with van der Waals surface area (Å²) in [5.74, 6) is 0. The molecule has 0 N–H and O–H groups in total. The van der Waals surface area contributed by atoms with Gasteiger partial charge in [-0.2, -0.15) is 0 Å². The van der Waals surface area contributed by atoms with Gasteiger partial charge in [0.15, 0.2) is 0 Å². The van der Waals surface area contributed by atoms with Crippen molar-refractivity contribution >= 4 is 39.5 Å². The summed E-state index contributed by atoms with van der Waals surface area (Å²) < 4.78 is 2.31. The number of aromatic nitrogens is 1. The second-order valence-electron chi connectivity index (χ2n) is 5.47. The molecule has 0 spiro atoms. The molecule has 3 aromatic carbocycles. The fraction of sp³-hybridized carbons (Fsp3) is 0. The quantitative estimate of drug-likeness (QED) is 0.499. The first-order chi connectivity index (χ1) is 11.3. The van der Waals surface area contributed by atoms with Crippen molar-refractivity contribution in [1.82, 2.24) is 4.34 Å². The Kier molecular flexibility index (Phi) is 3.65. The second-order valence-corrected chi connectivity index (χ2v) is 9.67. The van der Waals surface area contributed by atoms with E-state index in [-0.39, 0.29) is 0 Å². The van der Waals surface area contributed by atoms with E-state index in [0.717, 1.165) is 0 Å². The van der Waals surface area contributed by atoms with Crippen LogP contribution in [0.25, 0.3) is 10.9 Å². The Balaban J connectivity index is 2.06. The van der Waals surface area contributed by atoms with E-state index in [9.17, 15) is 0 Å². The lowest BCUT2D eigenvalue weighted by molar-refractivity contribution is 1.32. The van der Waals surface area contributed by atoms with Crippen molar-refractivity contribution in [2.75, 3.05) is 0 Å². The van der Waals surface area contributed by atoms with Crippen molar-refractivity contribution in [3.63, 3.8) is 0 Å². The van der Waals surface area contributed by atoms with Crippen molar-refractivity contribution in [1.29, 1.82) is 0 Å². The highest BCUT2D eigenvalue weighted by atomic mass is 32.4. The van der Waals surface area contributed by atoms with Gasteiger partial charge in [-0.05, 0) is 17.5 Å². The minimum atomic E-state index is -2.12. The van der Waals surface area contributed by atoms with Crippen LogP contribution in [-0.2, 0) is 11.8 Å². The lowest BCUT2D eigenvalue weighted by Gasteiger charge is -2.26. The number of hydrogen-bond acceptors (Lipinski definition) is 1. The van der Waals surface area contributed by atoms with E-state index in [1.165, 1.54) is 21.5 Å². The van der Waals surface area contributed by atoms with Crippen LogP contribution in [0.4, 0.5) is 0 Å². The van der Waals surface area contributed by atoms with Gasteiger partial charge in [0.2, 0.25) is 0 Å². The van der Waals surface area contributed by atoms with Gasteiger partial charge in [0.25, 0.3) is 0 Å². The molecular formula is C20H16NPS. The van der Waals surface area contributed by atoms with Gasteiger partial charge >= 0.3 is 0 Å². The number of benzene rings is 3. The molecule has 0 bridgehead atoms. The molecule has 1 heterocycles. The highest BCUT2D eigenvalue weighted by Gasteiger charge is 2.25. The molecule has 1 aromatic heterocycles. The molecule has 0 unspecified atom stereocenters.